The molecule has 0 atom stereocenters. The van der Waals surface area contributed by atoms with Crippen LogP contribution in [-0.2, 0) is 0 Å². The zero-order chi connectivity index (χ0) is 20.2. The average molecular weight is 448 g/mol. The zero-order valence-electron chi connectivity index (χ0n) is 16.3. The molecule has 4 rings (SSSR count). The van der Waals surface area contributed by atoms with Gasteiger partial charge in [0.25, 0.3) is 11.8 Å². The topological polar surface area (TPSA) is 62.3 Å². The SMILES string of the molecule is Cl.O=C(NCCC1CCN(C(=O)c2ccc(F)cc2)CC1)c1nsc2ccccc12. The molecule has 3 aromatic rings. The minimum Gasteiger partial charge on any atom is -0.351 e. The van der Waals surface area contributed by atoms with Crippen molar-refractivity contribution in [3.63, 3.8) is 0 Å². The number of hydrogen-bond acceptors (Lipinski definition) is 4. The van der Waals surface area contributed by atoms with Crippen LogP contribution in [0.1, 0.15) is 40.1 Å². The molecule has 1 aliphatic heterocycles. The summed E-state index contributed by atoms with van der Waals surface area (Å²) >= 11 is 1.34. The quantitative estimate of drug-likeness (QED) is 0.625. The molecule has 158 valence electrons. The number of carbonyl (C=O) groups is 2. The van der Waals surface area contributed by atoms with Crippen molar-refractivity contribution in [3.05, 3.63) is 65.6 Å². The standard InChI is InChI=1S/C22H22FN3O2S.ClH/c23-17-7-5-16(6-8-17)22(28)26-13-10-15(11-14-26)9-12-24-21(27)20-18-3-1-2-4-19(18)29-25-20;/h1-8,15H,9-14H2,(H,24,27);1H. The number of fused-ring (bicyclic) bond motifs is 1. The fraction of sp³-hybridized carbons (Fsp3) is 0.318. The lowest BCUT2D eigenvalue weighted by atomic mass is 9.93. The summed E-state index contributed by atoms with van der Waals surface area (Å²) in [4.78, 5) is 26.8. The first-order valence-corrected chi connectivity index (χ1v) is 10.6. The second-order valence-corrected chi connectivity index (χ2v) is 8.12. The summed E-state index contributed by atoms with van der Waals surface area (Å²) in [5, 5.41) is 3.87. The number of carbonyl (C=O) groups excluding carboxylic acids is 2. The van der Waals surface area contributed by atoms with Gasteiger partial charge in [-0.3, -0.25) is 9.59 Å². The first-order valence-electron chi connectivity index (χ1n) is 9.79. The van der Waals surface area contributed by atoms with Gasteiger partial charge < -0.3 is 10.2 Å². The summed E-state index contributed by atoms with van der Waals surface area (Å²) in [6.07, 6.45) is 2.69. The minimum absolute atomic E-state index is 0. The van der Waals surface area contributed by atoms with Crippen LogP contribution in [0.2, 0.25) is 0 Å². The van der Waals surface area contributed by atoms with Gasteiger partial charge in [-0.25, -0.2) is 4.39 Å². The number of aromatic nitrogens is 1. The molecule has 30 heavy (non-hydrogen) atoms. The maximum atomic E-state index is 13.0. The number of rotatable bonds is 5. The number of benzene rings is 2. The third-order valence-corrected chi connectivity index (χ3v) is 6.25. The number of likely N-dealkylation sites (tertiary alicyclic amines) is 1. The molecule has 0 spiro atoms. The maximum Gasteiger partial charge on any atom is 0.271 e. The van der Waals surface area contributed by atoms with Crippen molar-refractivity contribution in [1.82, 2.24) is 14.6 Å². The molecule has 2 heterocycles. The van der Waals surface area contributed by atoms with Gasteiger partial charge in [0, 0.05) is 30.6 Å². The van der Waals surface area contributed by atoms with Crippen LogP contribution in [0.15, 0.2) is 48.5 Å². The van der Waals surface area contributed by atoms with Gasteiger partial charge in [-0.15, -0.1) is 12.4 Å². The van der Waals surface area contributed by atoms with Crippen LogP contribution in [0.3, 0.4) is 0 Å². The zero-order valence-corrected chi connectivity index (χ0v) is 18.0. The Morgan fingerprint density at radius 1 is 1.10 bits per heavy atom. The molecule has 8 heteroatoms. The number of halogens is 2. The smallest absolute Gasteiger partial charge is 0.271 e. The van der Waals surface area contributed by atoms with Gasteiger partial charge in [0.15, 0.2) is 0 Å². The largest absolute Gasteiger partial charge is 0.351 e. The molecule has 1 aliphatic rings. The monoisotopic (exact) mass is 447 g/mol. The highest BCUT2D eigenvalue weighted by Crippen LogP contribution is 2.23. The van der Waals surface area contributed by atoms with Crippen molar-refractivity contribution in [1.29, 1.82) is 0 Å². The Hall–Kier alpha value is -2.51. The summed E-state index contributed by atoms with van der Waals surface area (Å²) in [5.74, 6) is -0.0498. The van der Waals surface area contributed by atoms with Crippen molar-refractivity contribution in [2.45, 2.75) is 19.3 Å². The molecule has 2 amide bonds. The van der Waals surface area contributed by atoms with E-state index >= 15 is 0 Å². The van der Waals surface area contributed by atoms with Crippen molar-refractivity contribution in [3.8, 4) is 0 Å². The molecule has 2 aromatic carbocycles. The molecule has 5 nitrogen and oxygen atoms in total. The Morgan fingerprint density at radius 3 is 2.53 bits per heavy atom. The molecule has 0 bridgehead atoms. The Kier molecular flexibility index (Phi) is 7.39. The van der Waals surface area contributed by atoms with Crippen LogP contribution in [0, 0.1) is 11.7 Å². The van der Waals surface area contributed by atoms with Gasteiger partial charge in [0.1, 0.15) is 11.5 Å². The molecule has 1 aromatic heterocycles. The molecular weight excluding hydrogens is 425 g/mol. The molecular formula is C22H23ClFN3O2S. The fourth-order valence-corrected chi connectivity index (χ4v) is 4.50. The molecule has 1 N–H and O–H groups in total. The lowest BCUT2D eigenvalue weighted by Gasteiger charge is -2.32. The number of hydrogen-bond donors (Lipinski definition) is 1. The molecule has 1 fully saturated rings. The van der Waals surface area contributed by atoms with Crippen molar-refractivity contribution >= 4 is 45.8 Å². The summed E-state index contributed by atoms with van der Waals surface area (Å²) < 4.78 is 18.3. The van der Waals surface area contributed by atoms with Crippen LogP contribution in [-0.4, -0.2) is 40.7 Å². The van der Waals surface area contributed by atoms with Crippen LogP contribution in [0.4, 0.5) is 4.39 Å². The fourth-order valence-electron chi connectivity index (χ4n) is 3.72. The molecule has 0 saturated carbocycles. The van der Waals surface area contributed by atoms with Gasteiger partial charge in [0.2, 0.25) is 0 Å². The Morgan fingerprint density at radius 2 is 1.80 bits per heavy atom. The molecule has 0 radical (unpaired) electrons. The first-order chi connectivity index (χ1) is 14.1. The summed E-state index contributed by atoms with van der Waals surface area (Å²) in [6.45, 7) is 1.97. The summed E-state index contributed by atoms with van der Waals surface area (Å²) in [7, 11) is 0. The van der Waals surface area contributed by atoms with E-state index in [2.05, 4.69) is 9.69 Å². The van der Waals surface area contributed by atoms with Crippen LogP contribution in [0.5, 0.6) is 0 Å². The molecule has 0 unspecified atom stereocenters. The van der Waals surface area contributed by atoms with E-state index in [4.69, 9.17) is 0 Å². The highest BCUT2D eigenvalue weighted by atomic mass is 35.5. The molecule has 0 aliphatic carbocycles. The molecule has 1 saturated heterocycles. The first kappa shape index (κ1) is 22.2. The van der Waals surface area contributed by atoms with E-state index in [0.29, 0.717) is 36.8 Å². The van der Waals surface area contributed by atoms with E-state index in [9.17, 15) is 14.0 Å². The Balaban J connectivity index is 0.00000256. The maximum absolute atomic E-state index is 13.0. The van der Waals surface area contributed by atoms with Gasteiger partial charge in [-0.2, -0.15) is 4.37 Å². The van der Waals surface area contributed by atoms with Crippen LogP contribution >= 0.6 is 23.9 Å². The highest BCUT2D eigenvalue weighted by Gasteiger charge is 2.24. The van der Waals surface area contributed by atoms with E-state index < -0.39 is 0 Å². The summed E-state index contributed by atoms with van der Waals surface area (Å²) in [5.41, 5.74) is 1.01. The third kappa shape index (κ3) is 4.96. The number of amides is 2. The Bertz CT molecular complexity index is 1020. The van der Waals surface area contributed by atoms with Crippen molar-refractivity contribution in [2.24, 2.45) is 5.92 Å². The normalized spacial score (nSPS) is 14.4. The van der Waals surface area contributed by atoms with Crippen LogP contribution in [0.25, 0.3) is 10.1 Å². The minimum atomic E-state index is -0.340. The average Bonchev–Trinajstić information content (AvgIpc) is 3.18. The Labute approximate surface area is 184 Å². The lowest BCUT2D eigenvalue weighted by molar-refractivity contribution is 0.0687. The lowest BCUT2D eigenvalue weighted by Crippen LogP contribution is -2.39. The van der Waals surface area contributed by atoms with Gasteiger partial charge in [0.05, 0.1) is 4.70 Å². The highest BCUT2D eigenvalue weighted by molar-refractivity contribution is 7.13. The van der Waals surface area contributed by atoms with Gasteiger partial charge in [-0.05, 0) is 67.0 Å². The van der Waals surface area contributed by atoms with Gasteiger partial charge in [-0.1, -0.05) is 18.2 Å². The van der Waals surface area contributed by atoms with Crippen LogP contribution < -0.4 is 5.32 Å². The van der Waals surface area contributed by atoms with E-state index in [0.717, 1.165) is 29.3 Å². The van der Waals surface area contributed by atoms with Crippen molar-refractivity contribution in [2.75, 3.05) is 19.6 Å². The van der Waals surface area contributed by atoms with Gasteiger partial charge >= 0.3 is 0 Å². The van der Waals surface area contributed by atoms with E-state index in [-0.39, 0.29) is 30.0 Å². The third-order valence-electron chi connectivity index (χ3n) is 5.42. The second kappa shape index (κ2) is 10.00. The van der Waals surface area contributed by atoms with E-state index in [1.54, 1.807) is 0 Å². The van der Waals surface area contributed by atoms with E-state index in [1.807, 2.05) is 29.2 Å². The predicted octanol–water partition coefficient (Wildman–Crippen LogP) is 4.53. The summed E-state index contributed by atoms with van der Waals surface area (Å²) in [6, 6.07) is 13.4. The predicted molar refractivity (Wildman–Crippen MR) is 119 cm³/mol. The van der Waals surface area contributed by atoms with Crippen molar-refractivity contribution < 1.29 is 14.0 Å². The number of nitrogens with zero attached hydrogens (tertiary/aromatic N) is 2. The van der Waals surface area contributed by atoms with E-state index in [1.165, 1.54) is 35.8 Å². The number of nitrogens with one attached hydrogen (secondary N) is 1. The second-order valence-electron chi connectivity index (χ2n) is 7.31. The number of piperidine rings is 1.